The molecule has 0 fully saturated rings. The number of nitrogens with one attached hydrogen (secondary N) is 1. The van der Waals surface area contributed by atoms with E-state index in [0.29, 0.717) is 19.8 Å². The lowest BCUT2D eigenvalue weighted by Crippen LogP contribution is -2.33. The summed E-state index contributed by atoms with van der Waals surface area (Å²) in [5, 5.41) is 0. The molecule has 0 radical (unpaired) electrons. The summed E-state index contributed by atoms with van der Waals surface area (Å²) in [7, 11) is 5.20. The molecule has 0 atom stereocenters. The van der Waals surface area contributed by atoms with Gasteiger partial charge in [-0.05, 0) is 14.1 Å². The molecule has 0 aliphatic carbocycles. The number of likely N-dealkylation sites (N-methyl/N-ethyl adjacent to an activating group) is 1. The minimum atomic E-state index is -0.156. The molecule has 0 aromatic heterocycles. The average molecular weight is 176 g/mol. The maximum absolute atomic E-state index is 10.9. The number of hydroxylamine groups is 1. The van der Waals surface area contributed by atoms with Gasteiger partial charge >= 0.3 is 0 Å². The van der Waals surface area contributed by atoms with Gasteiger partial charge in [0.15, 0.2) is 0 Å². The van der Waals surface area contributed by atoms with Crippen LogP contribution in [0.5, 0.6) is 0 Å². The van der Waals surface area contributed by atoms with E-state index in [0.717, 1.165) is 0 Å². The van der Waals surface area contributed by atoms with E-state index in [-0.39, 0.29) is 5.91 Å². The van der Waals surface area contributed by atoms with Crippen molar-refractivity contribution in [2.24, 2.45) is 0 Å². The average Bonchev–Trinajstić information content (AvgIpc) is 1.97. The molecule has 0 aromatic carbocycles. The first kappa shape index (κ1) is 11.4. The van der Waals surface area contributed by atoms with Crippen molar-refractivity contribution in [2.45, 2.75) is 0 Å². The highest BCUT2D eigenvalue weighted by Crippen LogP contribution is 1.75. The molecule has 0 aliphatic rings. The summed E-state index contributed by atoms with van der Waals surface area (Å²) in [6, 6.07) is 0. The van der Waals surface area contributed by atoms with Crippen LogP contribution in [-0.2, 0) is 14.4 Å². The smallest absolute Gasteiger partial charge is 0.257 e. The summed E-state index contributed by atoms with van der Waals surface area (Å²) in [4.78, 5) is 17.4. The predicted molar refractivity (Wildman–Crippen MR) is 44.5 cm³/mol. The van der Waals surface area contributed by atoms with Crippen molar-refractivity contribution >= 4 is 5.91 Å². The number of nitrogens with zero attached hydrogens (tertiary/aromatic N) is 1. The van der Waals surface area contributed by atoms with Crippen LogP contribution >= 0.6 is 0 Å². The van der Waals surface area contributed by atoms with Gasteiger partial charge in [0.1, 0.15) is 0 Å². The standard InChI is InChI=1S/C7H16N2O3/c1-9(2)6-7(10)8-12-5-4-11-3/h4-6H2,1-3H3,(H,8,10). The summed E-state index contributed by atoms with van der Waals surface area (Å²) in [6.45, 7) is 1.17. The molecule has 0 bridgehead atoms. The number of rotatable bonds is 6. The van der Waals surface area contributed by atoms with Crippen LogP contribution < -0.4 is 5.48 Å². The topological polar surface area (TPSA) is 50.8 Å². The molecule has 1 amide bonds. The molecule has 0 unspecified atom stereocenters. The van der Waals surface area contributed by atoms with Crippen LogP contribution in [0.4, 0.5) is 0 Å². The third kappa shape index (κ3) is 7.46. The van der Waals surface area contributed by atoms with Crippen LogP contribution in [0.25, 0.3) is 0 Å². The number of hydrogen-bond donors (Lipinski definition) is 1. The Hall–Kier alpha value is -0.650. The lowest BCUT2D eigenvalue weighted by molar-refractivity contribution is -0.135. The van der Waals surface area contributed by atoms with Gasteiger partial charge in [0.2, 0.25) is 0 Å². The third-order valence-electron chi connectivity index (χ3n) is 1.04. The largest absolute Gasteiger partial charge is 0.382 e. The van der Waals surface area contributed by atoms with Gasteiger partial charge < -0.3 is 9.64 Å². The van der Waals surface area contributed by atoms with Crippen molar-refractivity contribution in [2.75, 3.05) is 41.0 Å². The fraction of sp³-hybridized carbons (Fsp3) is 0.857. The number of carbonyl (C=O) groups excluding carboxylic acids is 1. The molecule has 0 saturated carbocycles. The Labute approximate surface area is 72.6 Å². The molecule has 0 aromatic rings. The molecule has 5 nitrogen and oxygen atoms in total. The van der Waals surface area contributed by atoms with E-state index in [1.807, 2.05) is 14.1 Å². The van der Waals surface area contributed by atoms with E-state index in [1.165, 1.54) is 0 Å². The number of ether oxygens (including phenoxy) is 1. The van der Waals surface area contributed by atoms with Crippen LogP contribution in [0, 0.1) is 0 Å². The quantitative estimate of drug-likeness (QED) is 0.427. The summed E-state index contributed by atoms with van der Waals surface area (Å²) >= 11 is 0. The summed E-state index contributed by atoms with van der Waals surface area (Å²) < 4.78 is 4.72. The third-order valence-corrected chi connectivity index (χ3v) is 1.04. The van der Waals surface area contributed by atoms with Crippen molar-refractivity contribution in [3.05, 3.63) is 0 Å². The van der Waals surface area contributed by atoms with Gasteiger partial charge in [-0.25, -0.2) is 5.48 Å². The molecule has 0 spiro atoms. The highest BCUT2D eigenvalue weighted by atomic mass is 16.7. The Balaban J connectivity index is 3.20. The number of methoxy groups -OCH3 is 1. The summed E-state index contributed by atoms with van der Waals surface area (Å²) in [5.74, 6) is -0.156. The van der Waals surface area contributed by atoms with E-state index in [4.69, 9.17) is 9.57 Å². The maximum atomic E-state index is 10.9. The van der Waals surface area contributed by atoms with Crippen molar-refractivity contribution in [1.29, 1.82) is 0 Å². The minimum Gasteiger partial charge on any atom is -0.382 e. The number of carbonyl (C=O) groups is 1. The Bertz CT molecular complexity index is 128. The molecule has 1 N–H and O–H groups in total. The van der Waals surface area contributed by atoms with Crippen LogP contribution in [-0.4, -0.2) is 51.8 Å². The second kappa shape index (κ2) is 7.02. The van der Waals surface area contributed by atoms with Gasteiger partial charge in [-0.2, -0.15) is 0 Å². The molecular weight excluding hydrogens is 160 g/mol. The maximum Gasteiger partial charge on any atom is 0.257 e. The van der Waals surface area contributed by atoms with Crippen LogP contribution in [0.3, 0.4) is 0 Å². The van der Waals surface area contributed by atoms with E-state index >= 15 is 0 Å². The van der Waals surface area contributed by atoms with E-state index in [9.17, 15) is 4.79 Å². The Morgan fingerprint density at radius 1 is 1.42 bits per heavy atom. The monoisotopic (exact) mass is 176 g/mol. The van der Waals surface area contributed by atoms with Crippen molar-refractivity contribution in [3.8, 4) is 0 Å². The molecule has 0 rings (SSSR count). The molecule has 72 valence electrons. The highest BCUT2D eigenvalue weighted by Gasteiger charge is 2.00. The normalized spacial score (nSPS) is 10.3. The van der Waals surface area contributed by atoms with Crippen molar-refractivity contribution < 1.29 is 14.4 Å². The zero-order valence-electron chi connectivity index (χ0n) is 7.79. The molecule has 0 aliphatic heterocycles. The van der Waals surface area contributed by atoms with Crippen molar-refractivity contribution in [1.82, 2.24) is 10.4 Å². The fourth-order valence-corrected chi connectivity index (χ4v) is 0.576. The predicted octanol–water partition coefficient (Wildman–Crippen LogP) is -0.758. The molecular formula is C7H16N2O3. The van der Waals surface area contributed by atoms with Crippen LogP contribution in [0.1, 0.15) is 0 Å². The molecule has 5 heteroatoms. The highest BCUT2D eigenvalue weighted by molar-refractivity contribution is 5.76. The fourth-order valence-electron chi connectivity index (χ4n) is 0.576. The van der Waals surface area contributed by atoms with Crippen molar-refractivity contribution in [3.63, 3.8) is 0 Å². The Kier molecular flexibility index (Phi) is 6.64. The van der Waals surface area contributed by atoms with E-state index in [2.05, 4.69) is 5.48 Å². The summed E-state index contributed by atoms with van der Waals surface area (Å²) in [6.07, 6.45) is 0. The summed E-state index contributed by atoms with van der Waals surface area (Å²) in [5.41, 5.74) is 2.29. The van der Waals surface area contributed by atoms with E-state index < -0.39 is 0 Å². The zero-order chi connectivity index (χ0) is 9.40. The number of amides is 1. The van der Waals surface area contributed by atoms with Gasteiger partial charge in [-0.3, -0.25) is 9.63 Å². The lowest BCUT2D eigenvalue weighted by atomic mass is 10.6. The second-order valence-corrected chi connectivity index (χ2v) is 2.60. The van der Waals surface area contributed by atoms with Gasteiger partial charge in [0.25, 0.3) is 5.91 Å². The first-order valence-electron chi connectivity index (χ1n) is 3.71. The van der Waals surface area contributed by atoms with Gasteiger partial charge in [0.05, 0.1) is 19.8 Å². The SMILES string of the molecule is COCCONC(=O)CN(C)C. The van der Waals surface area contributed by atoms with E-state index in [1.54, 1.807) is 12.0 Å². The van der Waals surface area contributed by atoms with Crippen LogP contribution in [0.2, 0.25) is 0 Å². The molecule has 12 heavy (non-hydrogen) atoms. The van der Waals surface area contributed by atoms with Gasteiger partial charge in [0, 0.05) is 7.11 Å². The molecule has 0 heterocycles. The second-order valence-electron chi connectivity index (χ2n) is 2.60. The van der Waals surface area contributed by atoms with Gasteiger partial charge in [-0.1, -0.05) is 0 Å². The molecule has 0 saturated heterocycles. The zero-order valence-corrected chi connectivity index (χ0v) is 7.79. The van der Waals surface area contributed by atoms with Crippen LogP contribution in [0.15, 0.2) is 0 Å². The Morgan fingerprint density at radius 3 is 2.58 bits per heavy atom. The Morgan fingerprint density at radius 2 is 2.08 bits per heavy atom. The first-order valence-corrected chi connectivity index (χ1v) is 3.71. The lowest BCUT2D eigenvalue weighted by Gasteiger charge is -2.09. The van der Waals surface area contributed by atoms with Gasteiger partial charge in [-0.15, -0.1) is 0 Å². The minimum absolute atomic E-state index is 0.156. The number of hydrogen-bond acceptors (Lipinski definition) is 4. The first-order chi connectivity index (χ1) is 5.66.